The maximum absolute atomic E-state index is 7.62. The molecular weight excluding hydrogens is 256 g/mol. The first-order valence-corrected chi connectivity index (χ1v) is 5.86. The standard InChI is InChI=1S/C14H14N4O2/c1-19-13(15)11-7-3-5-9(17-11)10-6-4-8-12(18-10)14(16)20-2/h3-8,15-16H,1-2H3. The molecule has 0 saturated carbocycles. The molecule has 6 nitrogen and oxygen atoms in total. The number of nitrogens with one attached hydrogen (secondary N) is 2. The lowest BCUT2D eigenvalue weighted by molar-refractivity contribution is 0.399. The van der Waals surface area contributed by atoms with Crippen LogP contribution in [0.25, 0.3) is 11.4 Å². The average molecular weight is 270 g/mol. The van der Waals surface area contributed by atoms with E-state index in [1.165, 1.54) is 14.2 Å². The highest BCUT2D eigenvalue weighted by molar-refractivity contribution is 5.91. The number of nitrogens with zero attached hydrogens (tertiary/aromatic N) is 2. The van der Waals surface area contributed by atoms with E-state index < -0.39 is 0 Å². The Hall–Kier alpha value is -2.76. The van der Waals surface area contributed by atoms with E-state index in [1.54, 1.807) is 36.4 Å². The number of pyridine rings is 2. The highest BCUT2D eigenvalue weighted by Crippen LogP contribution is 2.15. The number of aromatic nitrogens is 2. The van der Waals surface area contributed by atoms with Gasteiger partial charge in [-0.3, -0.25) is 10.8 Å². The topological polar surface area (TPSA) is 91.9 Å². The fraction of sp³-hybridized carbons (Fsp3) is 0.143. The summed E-state index contributed by atoms with van der Waals surface area (Å²) < 4.78 is 9.71. The molecule has 2 N–H and O–H groups in total. The molecule has 0 radical (unpaired) electrons. The van der Waals surface area contributed by atoms with Crippen LogP contribution in [0.2, 0.25) is 0 Å². The highest BCUT2D eigenvalue weighted by atomic mass is 16.5. The smallest absolute Gasteiger partial charge is 0.232 e. The van der Waals surface area contributed by atoms with Crippen LogP contribution in [0.1, 0.15) is 11.4 Å². The van der Waals surface area contributed by atoms with Gasteiger partial charge in [-0.15, -0.1) is 0 Å². The van der Waals surface area contributed by atoms with Gasteiger partial charge in [-0.05, 0) is 24.3 Å². The van der Waals surface area contributed by atoms with Crippen LogP contribution >= 0.6 is 0 Å². The first-order valence-electron chi connectivity index (χ1n) is 5.86. The van der Waals surface area contributed by atoms with Crippen LogP contribution in [0.15, 0.2) is 36.4 Å². The predicted molar refractivity (Wildman–Crippen MR) is 75.1 cm³/mol. The molecule has 0 fully saturated rings. The van der Waals surface area contributed by atoms with Gasteiger partial charge in [-0.25, -0.2) is 9.97 Å². The van der Waals surface area contributed by atoms with Crippen molar-refractivity contribution < 1.29 is 9.47 Å². The fourth-order valence-corrected chi connectivity index (χ4v) is 1.62. The lowest BCUT2D eigenvalue weighted by Gasteiger charge is -2.06. The summed E-state index contributed by atoms with van der Waals surface area (Å²) in [4.78, 5) is 8.63. The van der Waals surface area contributed by atoms with Crippen LogP contribution < -0.4 is 0 Å². The monoisotopic (exact) mass is 270 g/mol. The van der Waals surface area contributed by atoms with Gasteiger partial charge in [0.05, 0.1) is 25.6 Å². The highest BCUT2D eigenvalue weighted by Gasteiger charge is 2.09. The maximum atomic E-state index is 7.62. The van der Waals surface area contributed by atoms with E-state index in [4.69, 9.17) is 20.3 Å². The second-order valence-electron chi connectivity index (χ2n) is 3.88. The Morgan fingerprint density at radius 3 is 1.55 bits per heavy atom. The van der Waals surface area contributed by atoms with Gasteiger partial charge in [-0.1, -0.05) is 12.1 Å². The van der Waals surface area contributed by atoms with E-state index in [0.717, 1.165) is 0 Å². The summed E-state index contributed by atoms with van der Waals surface area (Å²) in [6, 6.07) is 10.5. The van der Waals surface area contributed by atoms with Gasteiger partial charge in [-0.2, -0.15) is 0 Å². The van der Waals surface area contributed by atoms with Crippen molar-refractivity contribution in [2.24, 2.45) is 0 Å². The quantitative estimate of drug-likeness (QED) is 0.659. The van der Waals surface area contributed by atoms with Crippen molar-refractivity contribution in [2.45, 2.75) is 0 Å². The van der Waals surface area contributed by atoms with Gasteiger partial charge >= 0.3 is 0 Å². The summed E-state index contributed by atoms with van der Waals surface area (Å²) in [6.45, 7) is 0. The Morgan fingerprint density at radius 2 is 1.20 bits per heavy atom. The molecule has 0 amide bonds. The second kappa shape index (κ2) is 5.92. The minimum absolute atomic E-state index is 0.00682. The van der Waals surface area contributed by atoms with Crippen LogP contribution in [-0.2, 0) is 9.47 Å². The summed E-state index contributed by atoms with van der Waals surface area (Å²) in [5, 5.41) is 15.2. The van der Waals surface area contributed by atoms with Crippen molar-refractivity contribution in [1.82, 2.24) is 9.97 Å². The Kier molecular flexibility index (Phi) is 4.05. The summed E-state index contributed by atoms with van der Waals surface area (Å²) >= 11 is 0. The molecule has 0 aliphatic rings. The van der Waals surface area contributed by atoms with Crippen LogP contribution in [0.5, 0.6) is 0 Å². The Labute approximate surface area is 116 Å². The molecule has 0 saturated heterocycles. The third-order valence-electron chi connectivity index (χ3n) is 2.63. The van der Waals surface area contributed by atoms with Crippen LogP contribution in [0, 0.1) is 10.8 Å². The number of rotatable bonds is 3. The van der Waals surface area contributed by atoms with Gasteiger partial charge in [0, 0.05) is 0 Å². The zero-order valence-electron chi connectivity index (χ0n) is 11.2. The first-order chi connectivity index (χ1) is 9.65. The zero-order valence-corrected chi connectivity index (χ0v) is 11.2. The lowest BCUT2D eigenvalue weighted by Crippen LogP contribution is -2.07. The van der Waals surface area contributed by atoms with Gasteiger partial charge in [0.25, 0.3) is 0 Å². The second-order valence-corrected chi connectivity index (χ2v) is 3.88. The van der Waals surface area contributed by atoms with E-state index in [0.29, 0.717) is 22.8 Å². The summed E-state index contributed by atoms with van der Waals surface area (Å²) in [5.41, 5.74) is 2.07. The van der Waals surface area contributed by atoms with Crippen molar-refractivity contribution >= 4 is 11.8 Å². The maximum Gasteiger partial charge on any atom is 0.232 e. The molecule has 0 bridgehead atoms. The molecule has 6 heteroatoms. The molecule has 2 aromatic rings. The van der Waals surface area contributed by atoms with Gasteiger partial charge in [0.2, 0.25) is 11.8 Å². The van der Waals surface area contributed by atoms with E-state index in [9.17, 15) is 0 Å². The van der Waals surface area contributed by atoms with Crippen LogP contribution in [-0.4, -0.2) is 36.0 Å². The Morgan fingerprint density at radius 1 is 0.800 bits per heavy atom. The molecule has 20 heavy (non-hydrogen) atoms. The Bertz CT molecular complexity index is 598. The molecule has 2 heterocycles. The molecular formula is C14H14N4O2. The van der Waals surface area contributed by atoms with Crippen LogP contribution in [0.3, 0.4) is 0 Å². The normalized spacial score (nSPS) is 9.90. The number of hydrogen-bond acceptors (Lipinski definition) is 6. The third-order valence-corrected chi connectivity index (χ3v) is 2.63. The van der Waals surface area contributed by atoms with Crippen molar-refractivity contribution in [2.75, 3.05) is 14.2 Å². The summed E-state index contributed by atoms with van der Waals surface area (Å²) in [5.74, 6) is -0.0136. The fourth-order valence-electron chi connectivity index (χ4n) is 1.62. The molecule has 2 rings (SSSR count). The molecule has 0 atom stereocenters. The molecule has 0 spiro atoms. The molecule has 0 aromatic carbocycles. The average Bonchev–Trinajstić information content (AvgIpc) is 2.53. The number of ether oxygens (including phenoxy) is 2. The van der Waals surface area contributed by atoms with Crippen molar-refractivity contribution in [3.63, 3.8) is 0 Å². The number of methoxy groups -OCH3 is 2. The molecule has 0 aliphatic carbocycles. The molecule has 0 aliphatic heterocycles. The van der Waals surface area contributed by atoms with E-state index in [-0.39, 0.29) is 11.8 Å². The molecule has 102 valence electrons. The molecule has 2 aromatic heterocycles. The minimum atomic E-state index is -0.00682. The van der Waals surface area contributed by atoms with Gasteiger partial charge in [0.1, 0.15) is 11.4 Å². The van der Waals surface area contributed by atoms with Crippen LogP contribution in [0.4, 0.5) is 0 Å². The number of hydrogen-bond donors (Lipinski definition) is 2. The third kappa shape index (κ3) is 2.80. The summed E-state index contributed by atoms with van der Waals surface area (Å²) in [7, 11) is 2.85. The van der Waals surface area contributed by atoms with Crippen molar-refractivity contribution in [3.8, 4) is 11.4 Å². The van der Waals surface area contributed by atoms with Crippen molar-refractivity contribution in [1.29, 1.82) is 10.8 Å². The predicted octanol–water partition coefficient (Wildman–Crippen LogP) is 2.09. The summed E-state index contributed by atoms with van der Waals surface area (Å²) in [6.07, 6.45) is 0. The zero-order chi connectivity index (χ0) is 14.5. The minimum Gasteiger partial charge on any atom is -0.480 e. The molecule has 0 unspecified atom stereocenters. The van der Waals surface area contributed by atoms with Gasteiger partial charge < -0.3 is 9.47 Å². The van der Waals surface area contributed by atoms with Crippen molar-refractivity contribution in [3.05, 3.63) is 47.8 Å². The van der Waals surface area contributed by atoms with E-state index in [2.05, 4.69) is 9.97 Å². The first kappa shape index (κ1) is 13.7. The Balaban J connectivity index is 2.41. The van der Waals surface area contributed by atoms with Gasteiger partial charge in [0.15, 0.2) is 0 Å². The lowest BCUT2D eigenvalue weighted by atomic mass is 10.2. The van der Waals surface area contributed by atoms with E-state index >= 15 is 0 Å². The SMILES string of the molecule is COC(=N)c1cccc(-c2cccc(C(=N)OC)n2)n1. The van der Waals surface area contributed by atoms with E-state index in [1.807, 2.05) is 0 Å². The largest absolute Gasteiger partial charge is 0.480 e.